The monoisotopic (exact) mass is 304 g/mol. The van der Waals surface area contributed by atoms with Gasteiger partial charge in [-0.2, -0.15) is 0 Å². The molecule has 3 aromatic carbocycles. The van der Waals surface area contributed by atoms with Crippen molar-refractivity contribution in [1.29, 1.82) is 0 Å². The van der Waals surface area contributed by atoms with Crippen molar-refractivity contribution < 1.29 is 14.7 Å². The number of carbonyl (C=O) groups excluding carboxylic acids is 1. The first-order valence-corrected chi connectivity index (χ1v) is 7.40. The summed E-state index contributed by atoms with van der Waals surface area (Å²) in [5.41, 5.74) is 2.00. The number of fused-ring (bicyclic) bond motifs is 1. The number of carbonyl (C=O) groups is 2. The molecule has 23 heavy (non-hydrogen) atoms. The first kappa shape index (κ1) is 15.0. The fraction of sp³-hybridized carbons (Fsp3) is 0.100. The Morgan fingerprint density at radius 1 is 0.826 bits per heavy atom. The highest BCUT2D eigenvalue weighted by atomic mass is 16.4. The molecule has 3 nitrogen and oxygen atoms in total. The molecule has 1 unspecified atom stereocenters. The highest BCUT2D eigenvalue weighted by Crippen LogP contribution is 2.30. The number of carboxylic acid groups (broad SMARTS) is 1. The standard InChI is InChI=1S/C20H16O3/c1-13-11-12-17(16-10-6-5-9-15(13)16)18(20(22)23)19(21)14-7-3-2-4-8-14/h2-12,18H,1H3,(H,22,23). The van der Waals surface area contributed by atoms with E-state index in [1.54, 1.807) is 36.4 Å². The highest BCUT2D eigenvalue weighted by molar-refractivity contribution is 6.14. The Balaban J connectivity index is 2.19. The lowest BCUT2D eigenvalue weighted by Gasteiger charge is -2.15. The Hall–Kier alpha value is -2.94. The molecule has 0 aromatic heterocycles. The third-order valence-electron chi connectivity index (χ3n) is 4.05. The minimum atomic E-state index is -1.21. The van der Waals surface area contributed by atoms with Crippen LogP contribution in [0.15, 0.2) is 66.7 Å². The van der Waals surface area contributed by atoms with Crippen molar-refractivity contribution in [2.45, 2.75) is 12.8 Å². The van der Waals surface area contributed by atoms with E-state index in [1.165, 1.54) is 0 Å². The molecule has 0 saturated carbocycles. The maximum atomic E-state index is 12.7. The van der Waals surface area contributed by atoms with Crippen LogP contribution >= 0.6 is 0 Å². The van der Waals surface area contributed by atoms with Crippen molar-refractivity contribution in [2.24, 2.45) is 0 Å². The van der Waals surface area contributed by atoms with Crippen LogP contribution in [-0.4, -0.2) is 16.9 Å². The van der Waals surface area contributed by atoms with Gasteiger partial charge in [-0.15, -0.1) is 0 Å². The van der Waals surface area contributed by atoms with Gasteiger partial charge in [-0.05, 0) is 28.8 Å². The molecule has 0 fully saturated rings. The van der Waals surface area contributed by atoms with Crippen molar-refractivity contribution in [3.05, 3.63) is 83.4 Å². The van der Waals surface area contributed by atoms with E-state index in [1.807, 2.05) is 37.3 Å². The van der Waals surface area contributed by atoms with Crippen molar-refractivity contribution in [2.75, 3.05) is 0 Å². The van der Waals surface area contributed by atoms with Gasteiger partial charge in [-0.1, -0.05) is 66.7 Å². The van der Waals surface area contributed by atoms with Crippen LogP contribution in [0.3, 0.4) is 0 Å². The summed E-state index contributed by atoms with van der Waals surface area (Å²) in [6, 6.07) is 19.8. The Labute approximate surface area is 134 Å². The van der Waals surface area contributed by atoms with Crippen LogP contribution in [0.25, 0.3) is 10.8 Å². The number of carboxylic acids is 1. The fourth-order valence-electron chi connectivity index (χ4n) is 2.88. The smallest absolute Gasteiger partial charge is 0.318 e. The van der Waals surface area contributed by atoms with Crippen molar-refractivity contribution >= 4 is 22.5 Å². The molecule has 0 radical (unpaired) electrons. The number of benzene rings is 3. The molecular weight excluding hydrogens is 288 g/mol. The van der Waals surface area contributed by atoms with E-state index in [0.717, 1.165) is 16.3 Å². The van der Waals surface area contributed by atoms with E-state index in [9.17, 15) is 14.7 Å². The summed E-state index contributed by atoms with van der Waals surface area (Å²) in [6.45, 7) is 1.97. The Morgan fingerprint density at radius 2 is 1.43 bits per heavy atom. The summed E-state index contributed by atoms with van der Waals surface area (Å²) >= 11 is 0. The number of aryl methyl sites for hydroxylation is 1. The maximum Gasteiger partial charge on any atom is 0.318 e. The maximum absolute atomic E-state index is 12.7. The second-order valence-electron chi connectivity index (χ2n) is 5.52. The number of hydrogen-bond acceptors (Lipinski definition) is 2. The second kappa shape index (κ2) is 6.05. The number of hydrogen-bond donors (Lipinski definition) is 1. The zero-order chi connectivity index (χ0) is 16.4. The molecule has 3 aromatic rings. The number of ketones is 1. The van der Waals surface area contributed by atoms with Crippen molar-refractivity contribution in [1.82, 2.24) is 0 Å². The normalized spacial score (nSPS) is 12.0. The molecule has 1 N–H and O–H groups in total. The first-order chi connectivity index (χ1) is 11.1. The van der Waals surface area contributed by atoms with Gasteiger partial charge in [0.25, 0.3) is 0 Å². The zero-order valence-electron chi connectivity index (χ0n) is 12.7. The van der Waals surface area contributed by atoms with Crippen LogP contribution in [-0.2, 0) is 4.79 Å². The summed E-state index contributed by atoms with van der Waals surface area (Å²) in [6.07, 6.45) is 0. The van der Waals surface area contributed by atoms with Crippen LogP contribution in [0.1, 0.15) is 27.4 Å². The predicted molar refractivity (Wildman–Crippen MR) is 89.8 cm³/mol. The third-order valence-corrected chi connectivity index (χ3v) is 4.05. The van der Waals surface area contributed by atoms with Crippen molar-refractivity contribution in [3.63, 3.8) is 0 Å². The lowest BCUT2D eigenvalue weighted by molar-refractivity contribution is -0.137. The quantitative estimate of drug-likeness (QED) is 0.580. The molecule has 0 amide bonds. The van der Waals surface area contributed by atoms with E-state index in [4.69, 9.17) is 0 Å². The first-order valence-electron chi connectivity index (χ1n) is 7.40. The van der Waals surface area contributed by atoms with E-state index in [0.29, 0.717) is 11.1 Å². The highest BCUT2D eigenvalue weighted by Gasteiger charge is 2.30. The van der Waals surface area contributed by atoms with Gasteiger partial charge in [-0.25, -0.2) is 0 Å². The fourth-order valence-corrected chi connectivity index (χ4v) is 2.88. The molecule has 3 heteroatoms. The average molecular weight is 304 g/mol. The molecule has 0 heterocycles. The minimum Gasteiger partial charge on any atom is -0.480 e. The number of rotatable bonds is 4. The molecular formula is C20H16O3. The Morgan fingerprint density at radius 3 is 2.09 bits per heavy atom. The summed E-state index contributed by atoms with van der Waals surface area (Å²) in [7, 11) is 0. The van der Waals surface area contributed by atoms with Gasteiger partial charge in [0.1, 0.15) is 5.92 Å². The van der Waals surface area contributed by atoms with Gasteiger partial charge in [0.05, 0.1) is 0 Å². The van der Waals surface area contributed by atoms with Gasteiger partial charge in [-0.3, -0.25) is 9.59 Å². The summed E-state index contributed by atoms with van der Waals surface area (Å²) in [5, 5.41) is 11.4. The van der Waals surface area contributed by atoms with Crippen LogP contribution in [0.4, 0.5) is 0 Å². The summed E-state index contributed by atoms with van der Waals surface area (Å²) < 4.78 is 0. The largest absolute Gasteiger partial charge is 0.480 e. The summed E-state index contributed by atoms with van der Waals surface area (Å²) in [5.74, 6) is -2.73. The zero-order valence-corrected chi connectivity index (χ0v) is 12.7. The van der Waals surface area contributed by atoms with Crippen LogP contribution in [0, 0.1) is 6.92 Å². The molecule has 0 aliphatic carbocycles. The van der Waals surface area contributed by atoms with Crippen LogP contribution < -0.4 is 0 Å². The molecule has 0 bridgehead atoms. The minimum absolute atomic E-state index is 0.396. The van der Waals surface area contributed by atoms with Gasteiger partial charge < -0.3 is 5.11 Å². The molecule has 0 aliphatic heterocycles. The Kier molecular flexibility index (Phi) is 3.94. The molecule has 1 atom stereocenters. The predicted octanol–water partition coefficient (Wildman–Crippen LogP) is 4.20. The molecule has 0 spiro atoms. The van der Waals surface area contributed by atoms with Crippen molar-refractivity contribution in [3.8, 4) is 0 Å². The number of Topliss-reactive ketones (excluding diaryl/α,β-unsaturated/α-hetero) is 1. The lowest BCUT2D eigenvalue weighted by atomic mass is 9.86. The lowest BCUT2D eigenvalue weighted by Crippen LogP contribution is -2.22. The summed E-state index contributed by atoms with van der Waals surface area (Å²) in [4.78, 5) is 24.6. The molecule has 0 aliphatic rings. The van der Waals surface area contributed by atoms with E-state index < -0.39 is 17.7 Å². The second-order valence-corrected chi connectivity index (χ2v) is 5.52. The number of aliphatic carboxylic acids is 1. The SMILES string of the molecule is Cc1ccc(C(C(=O)O)C(=O)c2ccccc2)c2ccccc12. The Bertz CT molecular complexity index is 882. The molecule has 3 rings (SSSR count). The third kappa shape index (κ3) is 2.73. The average Bonchev–Trinajstić information content (AvgIpc) is 2.58. The van der Waals surface area contributed by atoms with Gasteiger partial charge >= 0.3 is 5.97 Å². The van der Waals surface area contributed by atoms with E-state index in [-0.39, 0.29) is 0 Å². The molecule has 0 saturated heterocycles. The topological polar surface area (TPSA) is 54.4 Å². The van der Waals surface area contributed by atoms with E-state index >= 15 is 0 Å². The van der Waals surface area contributed by atoms with Gasteiger partial charge in [0.2, 0.25) is 0 Å². The van der Waals surface area contributed by atoms with Gasteiger partial charge in [0.15, 0.2) is 5.78 Å². The van der Waals surface area contributed by atoms with Crippen LogP contribution in [0.5, 0.6) is 0 Å². The van der Waals surface area contributed by atoms with Gasteiger partial charge in [0, 0.05) is 5.56 Å². The van der Waals surface area contributed by atoms with E-state index in [2.05, 4.69) is 0 Å². The van der Waals surface area contributed by atoms with Crippen LogP contribution in [0.2, 0.25) is 0 Å². The molecule has 114 valence electrons.